The van der Waals surface area contributed by atoms with Crippen molar-refractivity contribution >= 4 is 19.8 Å². The Morgan fingerprint density at radius 2 is 1.07 bits per heavy atom. The molecule has 56 heavy (non-hydrogen) atoms. The quantitative estimate of drug-likeness (QED) is 0.0238. The largest absolute Gasteiger partial charge is 0.472 e. The number of carbonyl (C=O) groups excluding carboxylic acids is 2. The Bertz CT molecular complexity index is 1210. The number of aliphatic hydroxyl groups excluding tert-OH is 1. The van der Waals surface area contributed by atoms with Gasteiger partial charge in [-0.3, -0.25) is 18.6 Å². The number of ether oxygens (including phenoxy) is 2. The lowest BCUT2D eigenvalue weighted by Crippen LogP contribution is -2.29. The molecule has 3 atom stereocenters. The minimum atomic E-state index is -4.41. The molecule has 0 aliphatic rings. The van der Waals surface area contributed by atoms with Gasteiger partial charge in [-0.1, -0.05) is 118 Å². The van der Waals surface area contributed by atoms with Crippen molar-refractivity contribution in [3.05, 3.63) is 85.1 Å². The maximum atomic E-state index is 12.5. The Kier molecular flexibility index (Phi) is 38.3. The zero-order chi connectivity index (χ0) is 41.2. The van der Waals surface area contributed by atoms with Crippen LogP contribution in [0.1, 0.15) is 149 Å². The number of allylic oxidation sites excluding steroid dienone is 14. The molecule has 0 bridgehead atoms. The van der Waals surface area contributed by atoms with E-state index in [-0.39, 0.29) is 38.7 Å². The van der Waals surface area contributed by atoms with E-state index in [9.17, 15) is 24.2 Å². The van der Waals surface area contributed by atoms with Crippen LogP contribution in [0.5, 0.6) is 0 Å². The number of hydrogen-bond donors (Lipinski definition) is 3. The Morgan fingerprint density at radius 1 is 0.607 bits per heavy atom. The van der Waals surface area contributed by atoms with Gasteiger partial charge in [-0.15, -0.1) is 0 Å². The summed E-state index contributed by atoms with van der Waals surface area (Å²) in [4.78, 5) is 34.8. The van der Waals surface area contributed by atoms with Crippen molar-refractivity contribution in [1.29, 1.82) is 0 Å². The van der Waals surface area contributed by atoms with Crippen LogP contribution in [0.2, 0.25) is 0 Å². The van der Waals surface area contributed by atoms with E-state index >= 15 is 0 Å². The highest BCUT2D eigenvalue weighted by Gasteiger charge is 2.25. The van der Waals surface area contributed by atoms with Crippen LogP contribution in [0.3, 0.4) is 0 Å². The summed E-state index contributed by atoms with van der Waals surface area (Å²) in [7, 11) is -4.41. The van der Waals surface area contributed by atoms with Gasteiger partial charge in [0.2, 0.25) is 0 Å². The van der Waals surface area contributed by atoms with Crippen LogP contribution in [-0.4, -0.2) is 60.5 Å². The van der Waals surface area contributed by atoms with Gasteiger partial charge in [-0.05, 0) is 103 Å². The fourth-order valence-corrected chi connectivity index (χ4v) is 5.89. The van der Waals surface area contributed by atoms with Crippen molar-refractivity contribution in [3.8, 4) is 0 Å². The second kappa shape index (κ2) is 40.4. The number of phosphoric ester groups is 1. The second-order valence-electron chi connectivity index (χ2n) is 13.8. The summed E-state index contributed by atoms with van der Waals surface area (Å²) in [6.07, 6.45) is 47.5. The lowest BCUT2D eigenvalue weighted by molar-refractivity contribution is -0.161. The first-order chi connectivity index (χ1) is 27.2. The van der Waals surface area contributed by atoms with Crippen molar-refractivity contribution in [2.75, 3.05) is 26.4 Å². The first kappa shape index (κ1) is 53.1. The van der Waals surface area contributed by atoms with Gasteiger partial charge in [-0.25, -0.2) is 4.57 Å². The van der Waals surface area contributed by atoms with Gasteiger partial charge in [0.15, 0.2) is 6.10 Å². The summed E-state index contributed by atoms with van der Waals surface area (Å²) in [6, 6.07) is 0. The molecule has 0 aromatic carbocycles. The summed E-state index contributed by atoms with van der Waals surface area (Å²) < 4.78 is 32.6. The summed E-state index contributed by atoms with van der Waals surface area (Å²) >= 11 is 0. The molecule has 320 valence electrons. The van der Waals surface area contributed by atoms with Gasteiger partial charge >= 0.3 is 19.8 Å². The molecule has 0 heterocycles. The Hall–Kier alpha value is -2.85. The Balaban J connectivity index is 4.34. The van der Waals surface area contributed by atoms with E-state index in [2.05, 4.69) is 79.8 Å². The number of phosphoric acid groups is 1. The van der Waals surface area contributed by atoms with Crippen molar-refractivity contribution in [2.45, 2.75) is 161 Å². The molecule has 0 amide bonds. The molecule has 4 N–H and O–H groups in total. The van der Waals surface area contributed by atoms with Crippen LogP contribution < -0.4 is 5.73 Å². The molecule has 0 saturated heterocycles. The number of aliphatic hydroxyl groups is 1. The van der Waals surface area contributed by atoms with E-state index in [4.69, 9.17) is 24.3 Å². The number of unbranched alkanes of at least 4 members (excludes halogenated alkanes) is 9. The van der Waals surface area contributed by atoms with Crippen LogP contribution in [0.25, 0.3) is 0 Å². The van der Waals surface area contributed by atoms with Gasteiger partial charge in [0.05, 0.1) is 19.3 Å². The molecule has 10 nitrogen and oxygen atoms in total. The highest BCUT2D eigenvalue weighted by Crippen LogP contribution is 2.43. The normalized spacial score (nSPS) is 14.7. The molecule has 0 aliphatic carbocycles. The predicted octanol–water partition coefficient (Wildman–Crippen LogP) is 11.0. The van der Waals surface area contributed by atoms with Gasteiger partial charge in [0.25, 0.3) is 0 Å². The topological polar surface area (TPSA) is 155 Å². The van der Waals surface area contributed by atoms with Crippen molar-refractivity contribution < 1.29 is 42.7 Å². The highest BCUT2D eigenvalue weighted by molar-refractivity contribution is 7.47. The molecule has 0 aliphatic heterocycles. The first-order valence-electron chi connectivity index (χ1n) is 21.1. The Labute approximate surface area is 339 Å². The fraction of sp³-hybridized carbons (Fsp3) is 0.644. The van der Waals surface area contributed by atoms with Crippen LogP contribution in [-0.2, 0) is 32.7 Å². The lowest BCUT2D eigenvalue weighted by atomic mass is 10.1. The second-order valence-corrected chi connectivity index (χ2v) is 15.2. The van der Waals surface area contributed by atoms with Crippen molar-refractivity contribution in [1.82, 2.24) is 0 Å². The van der Waals surface area contributed by atoms with Crippen molar-refractivity contribution in [2.24, 2.45) is 5.73 Å². The molecule has 0 radical (unpaired) electrons. The average molecular weight is 806 g/mol. The maximum Gasteiger partial charge on any atom is 0.472 e. The van der Waals surface area contributed by atoms with Crippen LogP contribution in [0.15, 0.2) is 85.1 Å². The minimum absolute atomic E-state index is 0.0314. The predicted molar refractivity (Wildman–Crippen MR) is 230 cm³/mol. The lowest BCUT2D eigenvalue weighted by Gasteiger charge is -2.19. The molecule has 0 spiro atoms. The third-order valence-corrected chi connectivity index (χ3v) is 9.26. The monoisotopic (exact) mass is 806 g/mol. The highest BCUT2D eigenvalue weighted by atomic mass is 31.2. The van der Waals surface area contributed by atoms with E-state index in [1.54, 1.807) is 0 Å². The third kappa shape index (κ3) is 40.8. The molecule has 0 aromatic heterocycles. The van der Waals surface area contributed by atoms with Gasteiger partial charge in [0.1, 0.15) is 6.61 Å². The zero-order valence-electron chi connectivity index (χ0n) is 34.7. The van der Waals surface area contributed by atoms with Gasteiger partial charge in [-0.2, -0.15) is 0 Å². The van der Waals surface area contributed by atoms with Crippen LogP contribution >= 0.6 is 7.82 Å². The number of rotatable bonds is 38. The number of carbonyl (C=O) groups is 2. The first-order valence-corrected chi connectivity index (χ1v) is 22.6. The van der Waals surface area contributed by atoms with Crippen LogP contribution in [0.4, 0.5) is 0 Å². The van der Waals surface area contributed by atoms with E-state index < -0.39 is 32.5 Å². The molecule has 0 aromatic rings. The van der Waals surface area contributed by atoms with E-state index in [0.29, 0.717) is 19.3 Å². The van der Waals surface area contributed by atoms with E-state index in [1.165, 1.54) is 25.7 Å². The fourth-order valence-electron chi connectivity index (χ4n) is 5.12. The number of esters is 2. The summed E-state index contributed by atoms with van der Waals surface area (Å²) in [6.45, 7) is 3.13. The molecule has 0 fully saturated rings. The number of hydrogen-bond acceptors (Lipinski definition) is 9. The average Bonchev–Trinajstić information content (AvgIpc) is 3.17. The maximum absolute atomic E-state index is 12.5. The third-order valence-electron chi connectivity index (χ3n) is 8.27. The molecular weight excluding hydrogens is 729 g/mol. The summed E-state index contributed by atoms with van der Waals surface area (Å²) in [5, 5.41) is 9.26. The molecule has 0 saturated carbocycles. The standard InChI is InChI=1S/C45H76NO9P/c1-3-4-5-6-7-8-9-10-11-12-15-18-21-24-27-30-33-36-44(48)52-40-43(41-54-56(50,51)53-39-38-46)55-45(49)37-34-31-28-25-22-19-16-13-14-17-20-23-26-29-32-35-42(2)47/h7-8,10-11,14-19,23,25-26,28,42-43,47H,3-6,9,12-13,20-22,24,27,29-41,46H2,1-2H3,(H,50,51)/b8-7-,11-10-,17-14-,18-15-,19-16-,26-23-,28-25-/t42-,43+/m0/s1. The van der Waals surface area contributed by atoms with Crippen molar-refractivity contribution in [3.63, 3.8) is 0 Å². The number of nitrogens with two attached hydrogens (primary N) is 1. The summed E-state index contributed by atoms with van der Waals surface area (Å²) in [5.74, 6) is -0.946. The van der Waals surface area contributed by atoms with E-state index in [1.807, 2.05) is 19.1 Å². The van der Waals surface area contributed by atoms with E-state index in [0.717, 1.165) is 77.0 Å². The van der Waals surface area contributed by atoms with Gasteiger partial charge < -0.3 is 25.2 Å². The minimum Gasteiger partial charge on any atom is -0.462 e. The zero-order valence-corrected chi connectivity index (χ0v) is 35.6. The SMILES string of the molecule is CCCCC/C=C\C/C=C\C/C=C\CCCCCCC(=O)OC[C@H](COP(=O)(O)OCCN)OC(=O)CCC/C=C\C/C=C\C/C=C\C/C=C\CCC[C@H](C)O. The molecule has 0 rings (SSSR count). The molecule has 1 unspecified atom stereocenters. The Morgan fingerprint density at radius 3 is 1.59 bits per heavy atom. The molecular formula is C45H76NO9P. The smallest absolute Gasteiger partial charge is 0.462 e. The summed E-state index contributed by atoms with van der Waals surface area (Å²) in [5.41, 5.74) is 5.33. The molecule has 11 heteroatoms. The van der Waals surface area contributed by atoms with Gasteiger partial charge in [0, 0.05) is 19.4 Å². The van der Waals surface area contributed by atoms with Crippen LogP contribution in [0, 0.1) is 0 Å².